The Labute approximate surface area is 154 Å². The fraction of sp³-hybridized carbons (Fsp3) is 0.278. The summed E-state index contributed by atoms with van der Waals surface area (Å²) in [7, 11) is 1.58. The molecule has 9 heteroatoms. The minimum atomic E-state index is -4.79. The van der Waals surface area contributed by atoms with Gasteiger partial charge in [-0.1, -0.05) is 12.1 Å². The first-order valence-corrected chi connectivity index (χ1v) is 8.06. The minimum Gasteiger partial charge on any atom is -0.497 e. The number of benzene rings is 2. The zero-order chi connectivity index (χ0) is 19.7. The van der Waals surface area contributed by atoms with E-state index in [-0.39, 0.29) is 17.4 Å². The molecule has 0 aliphatic rings. The predicted octanol–water partition coefficient (Wildman–Crippen LogP) is 3.79. The summed E-state index contributed by atoms with van der Waals surface area (Å²) in [5.74, 6) is 1.04. The van der Waals surface area contributed by atoms with E-state index in [4.69, 9.17) is 15.2 Å². The molecule has 0 saturated heterocycles. The Morgan fingerprint density at radius 1 is 1.07 bits per heavy atom. The Kier molecular flexibility index (Phi) is 7.16. The number of aliphatic imine (C=N–C) groups is 1. The highest BCUT2D eigenvalue weighted by Gasteiger charge is 2.32. The third-order valence-corrected chi connectivity index (χ3v) is 3.29. The summed E-state index contributed by atoms with van der Waals surface area (Å²) < 4.78 is 51.7. The number of halogens is 3. The molecule has 0 spiro atoms. The maximum atomic E-state index is 12.4. The van der Waals surface area contributed by atoms with E-state index in [2.05, 4.69) is 15.0 Å². The van der Waals surface area contributed by atoms with Crippen LogP contribution in [0.2, 0.25) is 0 Å². The third kappa shape index (κ3) is 7.35. The number of rotatable bonds is 8. The molecule has 0 bridgehead atoms. The molecule has 0 radical (unpaired) electrons. The van der Waals surface area contributed by atoms with Crippen molar-refractivity contribution in [2.45, 2.75) is 12.8 Å². The molecule has 0 atom stereocenters. The number of alkyl halides is 3. The first kappa shape index (κ1) is 20.2. The Balaban J connectivity index is 1.79. The van der Waals surface area contributed by atoms with Crippen molar-refractivity contribution in [2.24, 2.45) is 10.7 Å². The van der Waals surface area contributed by atoms with Gasteiger partial charge in [-0.2, -0.15) is 0 Å². The van der Waals surface area contributed by atoms with Gasteiger partial charge in [-0.3, -0.25) is 4.99 Å². The van der Waals surface area contributed by atoms with Crippen LogP contribution >= 0.6 is 0 Å². The van der Waals surface area contributed by atoms with E-state index in [1.165, 1.54) is 18.2 Å². The first-order valence-electron chi connectivity index (χ1n) is 8.06. The molecule has 146 valence electrons. The highest BCUT2D eigenvalue weighted by Crippen LogP contribution is 2.29. The number of nitrogens with one attached hydrogen (secondary N) is 1. The molecule has 2 aromatic rings. The monoisotopic (exact) mass is 383 g/mol. The van der Waals surface area contributed by atoms with Crippen LogP contribution in [-0.4, -0.2) is 32.6 Å². The molecule has 0 aliphatic heterocycles. The zero-order valence-corrected chi connectivity index (χ0v) is 14.6. The Morgan fingerprint density at radius 3 is 2.41 bits per heavy atom. The molecule has 0 amide bonds. The fourth-order valence-corrected chi connectivity index (χ4v) is 2.09. The topological polar surface area (TPSA) is 78.1 Å². The molecule has 0 aromatic heterocycles. The van der Waals surface area contributed by atoms with Gasteiger partial charge in [0.2, 0.25) is 0 Å². The summed E-state index contributed by atoms with van der Waals surface area (Å²) in [5.41, 5.74) is 5.79. The van der Waals surface area contributed by atoms with Crippen molar-refractivity contribution in [1.29, 1.82) is 0 Å². The summed E-state index contributed by atoms with van der Waals surface area (Å²) in [4.78, 5) is 4.06. The molecule has 3 N–H and O–H groups in total. The highest BCUT2D eigenvalue weighted by molar-refractivity contribution is 5.93. The van der Waals surface area contributed by atoms with E-state index >= 15 is 0 Å². The number of methoxy groups -OCH3 is 1. The van der Waals surface area contributed by atoms with Gasteiger partial charge in [0.15, 0.2) is 11.7 Å². The van der Waals surface area contributed by atoms with Gasteiger partial charge in [0, 0.05) is 13.0 Å². The third-order valence-electron chi connectivity index (χ3n) is 3.29. The Bertz CT molecular complexity index is 750. The van der Waals surface area contributed by atoms with Crippen molar-refractivity contribution in [3.05, 3.63) is 48.5 Å². The van der Waals surface area contributed by atoms with Crippen LogP contribution in [0.25, 0.3) is 0 Å². The number of hydrogen-bond donors (Lipinski definition) is 2. The van der Waals surface area contributed by atoms with Crippen LogP contribution in [-0.2, 0) is 0 Å². The van der Waals surface area contributed by atoms with Crippen molar-refractivity contribution in [1.82, 2.24) is 0 Å². The number of para-hydroxylation sites is 2. The Hall–Kier alpha value is -3.10. The largest absolute Gasteiger partial charge is 0.573 e. The molecular formula is C18H20F3N3O3. The average molecular weight is 383 g/mol. The second-order valence-corrected chi connectivity index (χ2v) is 5.31. The quantitative estimate of drug-likeness (QED) is 0.412. The van der Waals surface area contributed by atoms with Crippen LogP contribution in [0.3, 0.4) is 0 Å². The van der Waals surface area contributed by atoms with Crippen LogP contribution < -0.4 is 25.3 Å². The second kappa shape index (κ2) is 9.56. The molecule has 0 fully saturated rings. The lowest BCUT2D eigenvalue weighted by Crippen LogP contribution is -2.24. The van der Waals surface area contributed by atoms with Gasteiger partial charge in [-0.05, 0) is 36.4 Å². The first-order chi connectivity index (χ1) is 12.9. The van der Waals surface area contributed by atoms with Gasteiger partial charge < -0.3 is 25.3 Å². The molecule has 0 unspecified atom stereocenters. The van der Waals surface area contributed by atoms with Crippen LogP contribution in [0.15, 0.2) is 53.5 Å². The van der Waals surface area contributed by atoms with E-state index in [0.717, 1.165) is 5.75 Å². The molecular weight excluding hydrogens is 363 g/mol. The van der Waals surface area contributed by atoms with E-state index in [9.17, 15) is 13.2 Å². The average Bonchev–Trinajstić information content (AvgIpc) is 2.62. The van der Waals surface area contributed by atoms with Crippen molar-refractivity contribution >= 4 is 11.6 Å². The maximum Gasteiger partial charge on any atom is 0.573 e. The van der Waals surface area contributed by atoms with E-state index in [0.29, 0.717) is 25.3 Å². The smallest absolute Gasteiger partial charge is 0.497 e. The van der Waals surface area contributed by atoms with Crippen molar-refractivity contribution in [2.75, 3.05) is 25.6 Å². The standard InChI is InChI=1S/C18H20F3N3O3/c1-25-13-7-9-14(10-8-13)26-12-4-11-23-17(22)24-15-5-2-3-6-16(15)27-18(19,20)21/h2-3,5-10H,4,11-12H2,1H3,(H3,22,23,24). The molecule has 0 saturated carbocycles. The van der Waals surface area contributed by atoms with E-state index < -0.39 is 6.36 Å². The summed E-state index contributed by atoms with van der Waals surface area (Å²) in [6.07, 6.45) is -4.21. The molecule has 2 rings (SSSR count). The van der Waals surface area contributed by atoms with Gasteiger partial charge in [-0.25, -0.2) is 0 Å². The molecule has 2 aromatic carbocycles. The number of guanidine groups is 1. The SMILES string of the molecule is COc1ccc(OCCCN=C(N)Nc2ccccc2OC(F)(F)F)cc1. The van der Waals surface area contributed by atoms with Gasteiger partial charge >= 0.3 is 6.36 Å². The fourth-order valence-electron chi connectivity index (χ4n) is 2.09. The number of nitrogens with two attached hydrogens (primary N) is 1. The second-order valence-electron chi connectivity index (χ2n) is 5.31. The van der Waals surface area contributed by atoms with E-state index in [1.807, 2.05) is 0 Å². The lowest BCUT2D eigenvalue weighted by molar-refractivity contribution is -0.274. The molecule has 0 aliphatic carbocycles. The summed E-state index contributed by atoms with van der Waals surface area (Å²) in [6, 6.07) is 12.7. The van der Waals surface area contributed by atoms with Gasteiger partial charge in [0.05, 0.1) is 19.4 Å². The van der Waals surface area contributed by atoms with Crippen molar-refractivity contribution < 1.29 is 27.4 Å². The number of nitrogens with zero attached hydrogens (tertiary/aromatic N) is 1. The lowest BCUT2D eigenvalue weighted by Gasteiger charge is -2.14. The predicted molar refractivity (Wildman–Crippen MR) is 96.3 cm³/mol. The van der Waals surface area contributed by atoms with Gasteiger partial charge in [-0.15, -0.1) is 13.2 Å². The number of ether oxygens (including phenoxy) is 3. The maximum absolute atomic E-state index is 12.4. The summed E-state index contributed by atoms with van der Waals surface area (Å²) >= 11 is 0. The van der Waals surface area contributed by atoms with Crippen LogP contribution in [0.1, 0.15) is 6.42 Å². The molecule has 27 heavy (non-hydrogen) atoms. The van der Waals surface area contributed by atoms with Crippen molar-refractivity contribution in [3.8, 4) is 17.2 Å². The number of hydrogen-bond acceptors (Lipinski definition) is 4. The van der Waals surface area contributed by atoms with Crippen molar-refractivity contribution in [3.63, 3.8) is 0 Å². The van der Waals surface area contributed by atoms with Crippen LogP contribution in [0, 0.1) is 0 Å². The summed E-state index contributed by atoms with van der Waals surface area (Å²) in [6.45, 7) is 0.758. The van der Waals surface area contributed by atoms with Gasteiger partial charge in [0.1, 0.15) is 11.5 Å². The normalized spacial score (nSPS) is 11.8. The molecule has 0 heterocycles. The Morgan fingerprint density at radius 2 is 1.74 bits per heavy atom. The zero-order valence-electron chi connectivity index (χ0n) is 14.6. The molecule has 6 nitrogen and oxygen atoms in total. The minimum absolute atomic E-state index is 0.0160. The van der Waals surface area contributed by atoms with E-state index in [1.54, 1.807) is 37.4 Å². The highest BCUT2D eigenvalue weighted by atomic mass is 19.4. The number of anilines is 1. The van der Waals surface area contributed by atoms with Gasteiger partial charge in [0.25, 0.3) is 0 Å². The van der Waals surface area contributed by atoms with Crippen LogP contribution in [0.4, 0.5) is 18.9 Å². The summed E-state index contributed by atoms with van der Waals surface area (Å²) in [5, 5.41) is 2.60. The van der Waals surface area contributed by atoms with Crippen LogP contribution in [0.5, 0.6) is 17.2 Å². The lowest BCUT2D eigenvalue weighted by atomic mass is 10.3.